The fourth-order valence-electron chi connectivity index (χ4n) is 0.139. The van der Waals surface area contributed by atoms with Gasteiger partial charge in [-0.05, 0) is 0 Å². The molecule has 0 aromatic heterocycles. The van der Waals surface area contributed by atoms with Gasteiger partial charge < -0.3 is 107 Å². The molecule has 0 amide bonds. The second kappa shape index (κ2) is 83.7. The van der Waals surface area contributed by atoms with Gasteiger partial charge in [0.25, 0.3) is 0 Å². The number of phosphoric acid groups is 2. The molecule has 0 unspecified atom stereocenters. The Morgan fingerprint density at radius 3 is 0.462 bits per heavy atom. The van der Waals surface area contributed by atoms with Crippen LogP contribution in [0.2, 0.25) is 0 Å². The Morgan fingerprint density at radius 1 is 0.385 bits per heavy atom. The van der Waals surface area contributed by atoms with E-state index in [1.807, 2.05) is 0 Å². The third kappa shape index (κ3) is 313. The second-order valence-corrected chi connectivity index (χ2v) is 3.68. The Morgan fingerprint density at radius 2 is 0.462 bits per heavy atom. The number of rotatable bonds is 2. The van der Waals surface area contributed by atoms with Crippen molar-refractivity contribution < 1.29 is 121 Å². The van der Waals surface area contributed by atoms with Gasteiger partial charge in [0.15, 0.2) is 0 Å². The predicted molar refractivity (Wildman–Crippen MR) is 90.1 cm³/mol. The van der Waals surface area contributed by atoms with Crippen LogP contribution in [-0.2, 0) is 13.4 Å². The van der Waals surface area contributed by atoms with Crippen LogP contribution in [0.1, 0.15) is 0 Å². The Hall–Kier alpha value is 0.620. The molecule has 0 fully saturated rings. The maximum absolute atomic E-state index is 9.63. The van der Waals surface area contributed by atoms with E-state index in [9.17, 15) is 9.13 Å². The third-order valence-corrected chi connectivity index (χ3v) is 1.91. The predicted octanol–water partition coefficient (Wildman–Crippen LogP) is -14.7. The molecule has 23 nitrogen and oxygen atoms in total. The van der Waals surface area contributed by atoms with E-state index < -0.39 is 15.6 Å². The normalized spacial score (nSPS) is 4.77. The fourth-order valence-corrected chi connectivity index (χ4v) is 1.25. The average molecular weight is 490 g/mol. The molecule has 0 atom stereocenters. The van der Waals surface area contributed by atoms with Gasteiger partial charge in [0.2, 0.25) is 0 Å². The molecule has 0 radical (unpaired) electrons. The molecular formula is H37NaO23P2. The Labute approximate surface area is 166 Å². The average Bonchev–Trinajstić information content (AvgIpc) is 1.14. The Kier molecular flexibility index (Phi) is 757. The molecule has 186 valence electrons. The van der Waals surface area contributed by atoms with E-state index in [1.54, 1.807) is 0 Å². The van der Waals surface area contributed by atoms with Crippen LogP contribution in [0.15, 0.2) is 0 Å². The molecule has 0 aliphatic rings. The van der Waals surface area contributed by atoms with E-state index in [0.717, 1.165) is 0 Å². The monoisotopic (exact) mass is 490 g/mol. The van der Waals surface area contributed by atoms with Crippen LogP contribution in [-0.4, -0.2) is 137 Å². The van der Waals surface area contributed by atoms with Gasteiger partial charge in [-0.3, -0.25) is 0 Å². The van der Waals surface area contributed by atoms with Gasteiger partial charge in [0.1, 0.15) is 0 Å². The standard InChI is InChI=1S/Na.H4O7P2.16H2O.H/c;1-8(2,3)7-9(4,5)6;;;;;;;;;;;;;;;;;/h;(H2,1,2,3)(H2,4,5,6);16*1H2;. The van der Waals surface area contributed by atoms with Crippen molar-refractivity contribution in [2.45, 2.75) is 0 Å². The topological polar surface area (TPSA) is 628 Å². The van der Waals surface area contributed by atoms with E-state index in [-0.39, 0.29) is 117 Å². The summed E-state index contributed by atoms with van der Waals surface area (Å²) in [6.07, 6.45) is 0. The molecule has 26 heteroatoms. The summed E-state index contributed by atoms with van der Waals surface area (Å²) in [4.78, 5) is 31.0. The van der Waals surface area contributed by atoms with E-state index in [1.165, 1.54) is 0 Å². The van der Waals surface area contributed by atoms with Crippen LogP contribution in [0.25, 0.3) is 0 Å². The Bertz CT molecular complexity index is 157. The quantitative estimate of drug-likeness (QED) is 0.213. The van der Waals surface area contributed by atoms with Gasteiger partial charge in [-0.2, -0.15) is 4.31 Å². The molecule has 0 spiro atoms. The molecule has 0 bridgehead atoms. The summed E-state index contributed by atoms with van der Waals surface area (Å²) >= 11 is 0. The van der Waals surface area contributed by atoms with Crippen molar-refractivity contribution in [3.05, 3.63) is 0 Å². The zero-order valence-corrected chi connectivity index (χ0v) is 13.7. The molecule has 0 rings (SSSR count). The molecule has 0 aromatic rings. The summed E-state index contributed by atoms with van der Waals surface area (Å²) in [6.45, 7) is 0. The van der Waals surface area contributed by atoms with Gasteiger partial charge in [0.05, 0.1) is 0 Å². The minimum absolute atomic E-state index is 0. The van der Waals surface area contributed by atoms with Crippen molar-refractivity contribution in [3.63, 3.8) is 0 Å². The van der Waals surface area contributed by atoms with Crippen molar-refractivity contribution in [1.82, 2.24) is 0 Å². The SMILES string of the molecule is O.O.O.O.O.O.O.O.O.O.O.O.O.O.O.O.O=P(O)(O)OP(=O)(O)O.[NaH]. The molecule has 0 saturated heterocycles. The summed E-state index contributed by atoms with van der Waals surface area (Å²) in [5.41, 5.74) is 0. The van der Waals surface area contributed by atoms with Crippen molar-refractivity contribution >= 4 is 45.2 Å². The van der Waals surface area contributed by atoms with Crippen LogP contribution in [0.4, 0.5) is 0 Å². The van der Waals surface area contributed by atoms with E-state index in [2.05, 4.69) is 4.31 Å². The van der Waals surface area contributed by atoms with Crippen molar-refractivity contribution in [3.8, 4) is 0 Å². The molecule has 0 aromatic carbocycles. The first-order chi connectivity index (χ1) is 3.71. The fraction of sp³-hybridized carbons (Fsp3) is 0. The molecule has 26 heavy (non-hydrogen) atoms. The van der Waals surface area contributed by atoms with Crippen molar-refractivity contribution in [2.75, 3.05) is 0 Å². The van der Waals surface area contributed by atoms with E-state index in [4.69, 9.17) is 19.6 Å². The molecule has 0 aliphatic heterocycles. The van der Waals surface area contributed by atoms with Crippen molar-refractivity contribution in [2.24, 2.45) is 0 Å². The summed E-state index contributed by atoms with van der Waals surface area (Å²) < 4.78 is 22.2. The van der Waals surface area contributed by atoms with Crippen LogP contribution < -0.4 is 0 Å². The molecule has 0 aliphatic carbocycles. The first-order valence-corrected chi connectivity index (χ1v) is 4.59. The van der Waals surface area contributed by atoms with E-state index >= 15 is 0 Å². The van der Waals surface area contributed by atoms with Gasteiger partial charge in [0, 0.05) is 0 Å². The van der Waals surface area contributed by atoms with Gasteiger partial charge in [-0.25, -0.2) is 9.13 Å². The van der Waals surface area contributed by atoms with Gasteiger partial charge >= 0.3 is 45.2 Å². The maximum atomic E-state index is 9.63. The zero-order valence-electron chi connectivity index (χ0n) is 11.9. The third-order valence-electron chi connectivity index (χ3n) is 0.213. The van der Waals surface area contributed by atoms with Crippen molar-refractivity contribution in [1.29, 1.82) is 0 Å². The molecular weight excluding hydrogens is 453 g/mol. The number of hydrogen-bond donors (Lipinski definition) is 4. The zero-order chi connectivity index (χ0) is 7.71. The van der Waals surface area contributed by atoms with Crippen LogP contribution in [0.3, 0.4) is 0 Å². The van der Waals surface area contributed by atoms with Crippen LogP contribution >= 0.6 is 15.6 Å². The van der Waals surface area contributed by atoms with Gasteiger partial charge in [-0.15, -0.1) is 0 Å². The summed E-state index contributed by atoms with van der Waals surface area (Å²) in [6, 6.07) is 0. The first kappa shape index (κ1) is 235. The van der Waals surface area contributed by atoms with Crippen LogP contribution in [0, 0.1) is 0 Å². The summed E-state index contributed by atoms with van der Waals surface area (Å²) in [5, 5.41) is 0. The molecule has 0 heterocycles. The second-order valence-electron chi connectivity index (χ2n) is 1.06. The number of hydrogen-bond acceptors (Lipinski definition) is 3. The summed E-state index contributed by atoms with van der Waals surface area (Å²) in [7, 11) is -10.1. The molecule has 36 N–H and O–H groups in total. The van der Waals surface area contributed by atoms with Gasteiger partial charge in [-0.1, -0.05) is 0 Å². The minimum atomic E-state index is -5.05. The van der Waals surface area contributed by atoms with Crippen LogP contribution in [0.5, 0.6) is 0 Å². The summed E-state index contributed by atoms with van der Waals surface area (Å²) in [5.74, 6) is 0. The molecule has 0 saturated carbocycles. The first-order valence-electron chi connectivity index (χ1n) is 1.53. The Balaban J connectivity index is -0.00000000235. The van der Waals surface area contributed by atoms with E-state index in [0.29, 0.717) is 0 Å².